The van der Waals surface area contributed by atoms with E-state index in [9.17, 15) is 23.2 Å². The number of fused-ring (bicyclic) bond motifs is 1. The Hall–Kier alpha value is -5.80. The number of amides is 2. The first-order chi connectivity index (χ1) is 22.7. The smallest absolute Gasteiger partial charge is 0.345 e. The lowest BCUT2D eigenvalue weighted by Crippen LogP contribution is -2.29. The van der Waals surface area contributed by atoms with Gasteiger partial charge in [0.2, 0.25) is 5.78 Å². The van der Waals surface area contributed by atoms with Crippen LogP contribution in [0.2, 0.25) is 0 Å². The van der Waals surface area contributed by atoms with Crippen LogP contribution < -0.4 is 16.2 Å². The maximum absolute atomic E-state index is 14.8. The molecule has 5 rings (SSSR count). The van der Waals surface area contributed by atoms with E-state index < -0.39 is 29.2 Å². The van der Waals surface area contributed by atoms with Crippen LogP contribution in [0.3, 0.4) is 0 Å². The van der Waals surface area contributed by atoms with Gasteiger partial charge < -0.3 is 19.9 Å². The number of rotatable bonds is 11. The van der Waals surface area contributed by atoms with Crippen molar-refractivity contribution in [3.8, 4) is 23.6 Å². The number of nitrogens with zero attached hydrogens (tertiary/aromatic N) is 4. The molecule has 2 N–H and O–H groups in total. The summed E-state index contributed by atoms with van der Waals surface area (Å²) in [6.07, 6.45) is 6.43. The molecule has 240 valence electrons. The second-order valence-corrected chi connectivity index (χ2v) is 10.7. The number of hydrogen-bond acceptors (Lipinski definition) is 6. The number of carbonyl (C=O) groups excluding carboxylic acids is 2. The van der Waals surface area contributed by atoms with E-state index in [0.717, 1.165) is 17.7 Å². The monoisotopic (exact) mass is 638 g/mol. The van der Waals surface area contributed by atoms with Gasteiger partial charge in [-0.2, -0.15) is 0 Å². The third-order valence-corrected chi connectivity index (χ3v) is 7.30. The van der Waals surface area contributed by atoms with Crippen LogP contribution in [0.5, 0.6) is 0 Å². The molecule has 2 amide bonds. The molecule has 0 unspecified atom stereocenters. The zero-order valence-corrected chi connectivity index (χ0v) is 25.8. The number of aromatic nitrogens is 3. The van der Waals surface area contributed by atoms with Crippen LogP contribution in [0.1, 0.15) is 34.1 Å². The third-order valence-electron chi connectivity index (χ3n) is 7.30. The molecule has 0 aliphatic rings. The average molecular weight is 639 g/mol. The summed E-state index contributed by atoms with van der Waals surface area (Å²) in [4.78, 5) is 45.9. The zero-order chi connectivity index (χ0) is 33.5. The van der Waals surface area contributed by atoms with Gasteiger partial charge in [0.25, 0.3) is 5.56 Å². The van der Waals surface area contributed by atoms with Crippen molar-refractivity contribution in [3.63, 3.8) is 0 Å². The van der Waals surface area contributed by atoms with Gasteiger partial charge in [-0.1, -0.05) is 54.5 Å². The van der Waals surface area contributed by atoms with E-state index >= 15 is 0 Å². The molecule has 0 aliphatic carbocycles. The van der Waals surface area contributed by atoms with Gasteiger partial charge in [-0.15, -0.1) is 6.42 Å². The van der Waals surface area contributed by atoms with Crippen LogP contribution in [0.15, 0.2) is 83.8 Å². The molecular weight excluding hydrogens is 606 g/mol. The molecule has 47 heavy (non-hydrogen) atoms. The summed E-state index contributed by atoms with van der Waals surface area (Å²) >= 11 is 0. The van der Waals surface area contributed by atoms with Crippen molar-refractivity contribution in [1.82, 2.24) is 24.2 Å². The lowest BCUT2D eigenvalue weighted by Gasteiger charge is -2.18. The summed E-state index contributed by atoms with van der Waals surface area (Å²) in [6.45, 7) is 2.06. The minimum Gasteiger partial charge on any atom is -0.462 e. The first-order valence-electron chi connectivity index (χ1n) is 14.8. The number of ether oxygens (including phenoxy) is 1. The van der Waals surface area contributed by atoms with Crippen molar-refractivity contribution in [2.24, 2.45) is 0 Å². The number of urea groups is 1. The summed E-state index contributed by atoms with van der Waals surface area (Å²) in [6, 6.07) is 19.5. The van der Waals surface area contributed by atoms with Gasteiger partial charge in [0.15, 0.2) is 0 Å². The predicted molar refractivity (Wildman–Crippen MR) is 174 cm³/mol. The van der Waals surface area contributed by atoms with Crippen molar-refractivity contribution in [1.29, 1.82) is 0 Å². The normalized spacial score (nSPS) is 11.0. The number of anilines is 1. The lowest BCUT2D eigenvalue weighted by molar-refractivity contribution is 0.0523. The summed E-state index contributed by atoms with van der Waals surface area (Å²) in [7, 11) is 1.88. The Morgan fingerprint density at radius 2 is 1.70 bits per heavy atom. The topological polar surface area (TPSA) is 110 Å². The molecule has 2 aromatic heterocycles. The molecule has 0 radical (unpaired) electrons. The maximum atomic E-state index is 14.8. The summed E-state index contributed by atoms with van der Waals surface area (Å²) in [5, 5.41) is 5.21. The van der Waals surface area contributed by atoms with E-state index in [1.165, 1.54) is 21.2 Å². The van der Waals surface area contributed by atoms with Gasteiger partial charge in [-0.05, 0) is 43.8 Å². The second-order valence-electron chi connectivity index (χ2n) is 10.7. The molecule has 0 spiro atoms. The quantitative estimate of drug-likeness (QED) is 0.155. The molecule has 0 fully saturated rings. The van der Waals surface area contributed by atoms with Crippen LogP contribution in [0.25, 0.3) is 17.0 Å². The van der Waals surface area contributed by atoms with E-state index in [1.807, 2.05) is 42.3 Å². The average Bonchev–Trinajstić information content (AvgIpc) is 3.43. The SMILES string of the molecule is C#CCNC(=O)Nc1ccc(-c2nc3n(Cc4c(F)cccc4F)cc(C(=O)OCC)c(=O)n3c2CN(C)Cc2ccccc2)cc1. The number of imidazole rings is 1. The molecule has 3 aromatic carbocycles. The molecule has 2 heterocycles. The molecule has 12 heteroatoms. The highest BCUT2D eigenvalue weighted by atomic mass is 19.1. The molecule has 0 saturated heterocycles. The Morgan fingerprint density at radius 1 is 1.00 bits per heavy atom. The van der Waals surface area contributed by atoms with Crippen molar-refractivity contribution < 1.29 is 23.1 Å². The van der Waals surface area contributed by atoms with Crippen molar-refractivity contribution in [2.75, 3.05) is 25.5 Å². The Bertz CT molecular complexity index is 2000. The minimum absolute atomic E-state index is 0.0151. The van der Waals surface area contributed by atoms with Crippen molar-refractivity contribution in [3.05, 3.63) is 123 Å². The number of halogens is 2. The van der Waals surface area contributed by atoms with Crippen LogP contribution in [-0.2, 0) is 24.4 Å². The maximum Gasteiger partial charge on any atom is 0.345 e. The second kappa shape index (κ2) is 14.5. The van der Waals surface area contributed by atoms with Crippen molar-refractivity contribution >= 4 is 23.5 Å². The molecule has 0 aliphatic heterocycles. The number of nitrogens with one attached hydrogen (secondary N) is 2. The summed E-state index contributed by atoms with van der Waals surface area (Å²) < 4.78 is 37.5. The fraction of sp³-hybridized carbons (Fsp3) is 0.200. The number of benzene rings is 3. The van der Waals surface area contributed by atoms with Crippen LogP contribution >= 0.6 is 0 Å². The van der Waals surface area contributed by atoms with E-state index in [0.29, 0.717) is 29.2 Å². The van der Waals surface area contributed by atoms with E-state index in [4.69, 9.17) is 16.1 Å². The van der Waals surface area contributed by atoms with Gasteiger partial charge in [0.05, 0.1) is 31.1 Å². The molecule has 5 aromatic rings. The number of hydrogen-bond donors (Lipinski definition) is 2. The Morgan fingerprint density at radius 3 is 2.36 bits per heavy atom. The Balaban J connectivity index is 1.68. The molecule has 0 saturated carbocycles. The highest BCUT2D eigenvalue weighted by molar-refractivity contribution is 5.90. The molecule has 0 atom stereocenters. The van der Waals surface area contributed by atoms with Gasteiger partial charge in [0.1, 0.15) is 17.2 Å². The molecular formula is C35H32F2N6O4. The summed E-state index contributed by atoms with van der Waals surface area (Å²) in [5.41, 5.74) is 1.67. The summed E-state index contributed by atoms with van der Waals surface area (Å²) in [5.74, 6) is -0.0549. The van der Waals surface area contributed by atoms with Crippen LogP contribution in [0.4, 0.5) is 19.3 Å². The van der Waals surface area contributed by atoms with Crippen molar-refractivity contribution in [2.45, 2.75) is 26.6 Å². The Labute approximate surface area is 269 Å². The van der Waals surface area contributed by atoms with E-state index in [2.05, 4.69) is 16.6 Å². The third kappa shape index (κ3) is 7.37. The number of esters is 1. The van der Waals surface area contributed by atoms with Crippen LogP contribution in [0, 0.1) is 24.0 Å². The predicted octanol–water partition coefficient (Wildman–Crippen LogP) is 5.05. The van der Waals surface area contributed by atoms with Gasteiger partial charge in [-0.25, -0.2) is 27.8 Å². The fourth-order valence-corrected chi connectivity index (χ4v) is 5.16. The Kier molecular flexibility index (Phi) is 10.1. The molecule has 0 bridgehead atoms. The lowest BCUT2D eigenvalue weighted by atomic mass is 10.1. The van der Waals surface area contributed by atoms with E-state index in [1.54, 1.807) is 31.2 Å². The largest absolute Gasteiger partial charge is 0.462 e. The first kappa shape index (κ1) is 32.6. The molecule has 10 nitrogen and oxygen atoms in total. The fourth-order valence-electron chi connectivity index (χ4n) is 5.16. The highest BCUT2D eigenvalue weighted by Crippen LogP contribution is 2.28. The van der Waals surface area contributed by atoms with Gasteiger partial charge in [0, 0.05) is 36.1 Å². The van der Waals surface area contributed by atoms with Gasteiger partial charge in [-0.3, -0.25) is 9.69 Å². The first-order valence-corrected chi connectivity index (χ1v) is 14.8. The highest BCUT2D eigenvalue weighted by Gasteiger charge is 2.25. The van der Waals surface area contributed by atoms with Crippen LogP contribution in [-0.4, -0.2) is 51.1 Å². The zero-order valence-electron chi connectivity index (χ0n) is 25.8. The standard InChI is InChI=1S/C35H32F2N6O4/c1-4-18-38-34(46)39-25-16-14-24(15-17-25)31-30(22-41(3)19-23-10-7-6-8-11-23)43-32(44)27(33(45)47-5-2)21-42(35(43)40-31)20-26-28(36)12-9-13-29(26)37/h1,6-17,21H,5,18-20,22H2,2-3H3,(H2,38,39,46). The number of carbonyl (C=O) groups is 2. The number of terminal acetylenes is 1. The minimum atomic E-state index is -0.875. The van der Waals surface area contributed by atoms with E-state index in [-0.39, 0.29) is 43.1 Å². The van der Waals surface area contributed by atoms with Gasteiger partial charge >= 0.3 is 12.0 Å².